The first-order valence-electron chi connectivity index (χ1n) is 14.3. The summed E-state index contributed by atoms with van der Waals surface area (Å²) in [5.41, 5.74) is 5.34. The maximum absolute atomic E-state index is 12.0. The number of β-lactam (4-membered cyclic amide) rings is 1. The first kappa shape index (κ1) is 43.9. The number of aliphatic hydroxyl groups excluding tert-OH is 1. The van der Waals surface area contributed by atoms with Crippen LogP contribution in [0.1, 0.15) is 52.9 Å². The van der Waals surface area contributed by atoms with Crippen LogP contribution < -0.4 is 16.4 Å². The number of allylic oxidation sites excluding steroid dienone is 1. The van der Waals surface area contributed by atoms with Gasteiger partial charge in [-0.05, 0) is 43.8 Å². The number of carboxylic acid groups (broad SMARTS) is 3. The molecule has 256 valence electrons. The number of carbonyl (C=O) groups is 5. The molecule has 46 heavy (non-hydrogen) atoms. The molecule has 1 aliphatic carbocycles. The van der Waals surface area contributed by atoms with Crippen LogP contribution in [0.3, 0.4) is 0 Å². The second-order valence-electron chi connectivity index (χ2n) is 11.4. The van der Waals surface area contributed by atoms with Gasteiger partial charge in [0.25, 0.3) is 0 Å². The quantitative estimate of drug-likeness (QED) is 0.0230. The summed E-state index contributed by atoms with van der Waals surface area (Å²) in [7, 11) is 0. The fourth-order valence-corrected chi connectivity index (χ4v) is 6.92. The number of amides is 2. The van der Waals surface area contributed by atoms with E-state index in [4.69, 9.17) is 21.4 Å². The fourth-order valence-electron chi connectivity index (χ4n) is 4.87. The fraction of sp³-hybridized carbons (Fsp3) is 0.643. The number of nitrogens with one attached hydrogen (secondary N) is 3. The number of nitrogens with zero attached hydrogens (tertiary/aromatic N) is 1. The molecule has 2 heterocycles. The third-order valence-corrected chi connectivity index (χ3v) is 9.83. The molecule has 3 aliphatic rings. The van der Waals surface area contributed by atoms with Gasteiger partial charge < -0.3 is 47.2 Å². The first-order chi connectivity index (χ1) is 20.6. The van der Waals surface area contributed by atoms with E-state index in [-0.39, 0.29) is 75.6 Å². The standard InChI is InChI=1S/C16H26N2O5S.C12H17N3O4S.Na.H2O.H/c1-16(2)8-10(16)13(19)18-12(15(22)23)6-4-3-5-7-24-9-11(17)14(20)21;1-6(16)9-7-4-8(20-3-2-14-5-13)10(12(18)19)15(7)11(9)17;;;/h6,10-11H,3-5,7-9,17H2,1-2H3,(H,18,19)(H,20,21)(H,22,23);5-7,9,16H,2-4H2,1H3,(H2,13,14)(H,18,19);;1H2;/b12-6-;;;;/t10-,11+;6-,7-,9-;;;/m11.../s1. The summed E-state index contributed by atoms with van der Waals surface area (Å²) in [6, 6.07) is -1.08. The van der Waals surface area contributed by atoms with E-state index >= 15 is 0 Å². The summed E-state index contributed by atoms with van der Waals surface area (Å²) < 4.78 is 0. The molecule has 2 fully saturated rings. The van der Waals surface area contributed by atoms with Crippen LogP contribution in [-0.2, 0) is 24.0 Å². The third kappa shape index (κ3) is 12.5. The van der Waals surface area contributed by atoms with Crippen molar-refractivity contribution in [3.05, 3.63) is 22.4 Å². The third-order valence-electron chi connectivity index (χ3n) is 7.54. The van der Waals surface area contributed by atoms with Crippen LogP contribution in [0.4, 0.5) is 0 Å². The van der Waals surface area contributed by atoms with Crippen molar-refractivity contribution in [3.63, 3.8) is 0 Å². The zero-order valence-electron chi connectivity index (χ0n) is 25.6. The molecule has 2 amide bonds. The van der Waals surface area contributed by atoms with E-state index in [1.807, 2.05) is 13.8 Å². The molecule has 0 bridgehead atoms. The average molecular weight is 700 g/mol. The number of aliphatic hydroxyl groups is 1. The van der Waals surface area contributed by atoms with Gasteiger partial charge in [0.2, 0.25) is 11.8 Å². The van der Waals surface area contributed by atoms with Crippen LogP contribution in [0.25, 0.3) is 0 Å². The molecule has 3 rings (SSSR count). The van der Waals surface area contributed by atoms with Gasteiger partial charge in [0.15, 0.2) is 0 Å². The molecular formula is C28H46N5NaO10S2. The van der Waals surface area contributed by atoms with Crippen molar-refractivity contribution in [2.24, 2.45) is 23.0 Å². The van der Waals surface area contributed by atoms with Crippen LogP contribution in [0, 0.1) is 22.7 Å². The summed E-state index contributed by atoms with van der Waals surface area (Å²) in [4.78, 5) is 58.9. The van der Waals surface area contributed by atoms with Gasteiger partial charge in [-0.1, -0.05) is 19.9 Å². The van der Waals surface area contributed by atoms with E-state index in [9.17, 15) is 34.2 Å². The molecule has 0 aromatic carbocycles. The minimum absolute atomic E-state index is 0. The number of thioether (sulfide) groups is 2. The van der Waals surface area contributed by atoms with Crippen LogP contribution in [0.15, 0.2) is 22.4 Å². The molecule has 0 aromatic heterocycles. The normalized spacial score (nSPS) is 21.9. The monoisotopic (exact) mass is 699 g/mol. The Morgan fingerprint density at radius 1 is 1.17 bits per heavy atom. The molecular weight excluding hydrogens is 653 g/mol. The number of aliphatic carboxylic acids is 3. The van der Waals surface area contributed by atoms with Gasteiger partial charge in [0.1, 0.15) is 17.4 Å². The number of carboxylic acids is 3. The summed E-state index contributed by atoms with van der Waals surface area (Å²) in [6.45, 7) is 6.08. The Labute approximate surface area is 298 Å². The van der Waals surface area contributed by atoms with E-state index in [1.54, 1.807) is 6.92 Å². The Bertz CT molecular complexity index is 1180. The maximum atomic E-state index is 12.0. The number of hydrogen-bond donors (Lipinski definition) is 8. The van der Waals surface area contributed by atoms with E-state index in [0.29, 0.717) is 35.8 Å². The average Bonchev–Trinajstić information content (AvgIpc) is 3.46. The number of rotatable bonds is 18. The molecule has 2 aliphatic heterocycles. The number of hydrogen-bond acceptors (Lipinski definition) is 10. The number of nitrogens with two attached hydrogens (primary N) is 1. The van der Waals surface area contributed by atoms with Crippen LogP contribution in [0.2, 0.25) is 0 Å². The topological polar surface area (TPSA) is 275 Å². The van der Waals surface area contributed by atoms with Gasteiger partial charge >= 0.3 is 47.5 Å². The Balaban J connectivity index is 0.000000854. The Kier molecular flexibility index (Phi) is 19.4. The second kappa shape index (κ2) is 20.3. The molecule has 11 N–H and O–H groups in total. The van der Waals surface area contributed by atoms with Gasteiger partial charge in [-0.3, -0.25) is 19.8 Å². The predicted octanol–water partition coefficient (Wildman–Crippen LogP) is -0.217. The SMILES string of the molecule is CC1(C)C[C@@H]1C(=O)N/C(=C\CCCCSC[C@H](N)C(=O)O)C(=O)O.C[C@@H](O)[C@H]1C(=O)N2C(C(=O)O)=C(SCCNC=N)C[C@H]12.O.[NaH]. The Morgan fingerprint density at radius 2 is 1.80 bits per heavy atom. The van der Waals surface area contributed by atoms with Crippen LogP contribution in [0.5, 0.6) is 0 Å². The summed E-state index contributed by atoms with van der Waals surface area (Å²) in [5, 5.41) is 48.7. The van der Waals surface area contributed by atoms with Gasteiger partial charge in [0.05, 0.1) is 24.4 Å². The van der Waals surface area contributed by atoms with Gasteiger partial charge in [-0.2, -0.15) is 11.8 Å². The number of carbonyl (C=O) groups excluding carboxylic acids is 2. The number of fused-ring (bicyclic) bond motifs is 1. The first-order valence-corrected chi connectivity index (χ1v) is 16.4. The van der Waals surface area contributed by atoms with E-state index in [1.165, 1.54) is 34.5 Å². The Hall–Kier alpha value is -2.12. The van der Waals surface area contributed by atoms with Gasteiger partial charge in [-0.25, -0.2) is 9.59 Å². The molecule has 15 nitrogen and oxygen atoms in total. The van der Waals surface area contributed by atoms with Gasteiger partial charge in [0, 0.05) is 35.3 Å². The summed E-state index contributed by atoms with van der Waals surface area (Å²) in [6.07, 6.45) is 5.25. The van der Waals surface area contributed by atoms with Crippen molar-refractivity contribution in [2.75, 3.05) is 23.8 Å². The summed E-state index contributed by atoms with van der Waals surface area (Å²) in [5.74, 6) is -2.66. The van der Waals surface area contributed by atoms with E-state index < -0.39 is 36.0 Å². The zero-order valence-corrected chi connectivity index (χ0v) is 27.2. The number of unbranched alkanes of at least 4 members (excludes halogenated alkanes) is 2. The zero-order chi connectivity index (χ0) is 33.2. The minimum atomic E-state index is -1.14. The van der Waals surface area contributed by atoms with E-state index in [0.717, 1.165) is 31.4 Å². The molecule has 0 spiro atoms. The summed E-state index contributed by atoms with van der Waals surface area (Å²) >= 11 is 2.85. The molecule has 18 heteroatoms. The molecule has 1 saturated carbocycles. The molecule has 1 saturated heterocycles. The van der Waals surface area contributed by atoms with Crippen molar-refractivity contribution in [3.8, 4) is 0 Å². The van der Waals surface area contributed by atoms with Crippen molar-refractivity contribution in [2.45, 2.75) is 71.1 Å². The molecule has 0 aromatic rings. The predicted molar refractivity (Wildman–Crippen MR) is 178 cm³/mol. The van der Waals surface area contributed by atoms with Crippen molar-refractivity contribution >= 4 is 89.1 Å². The second-order valence-corrected chi connectivity index (χ2v) is 13.8. The molecule has 0 unspecified atom stereocenters. The molecule has 5 atom stereocenters. The van der Waals surface area contributed by atoms with Crippen LogP contribution in [-0.4, -0.2) is 138 Å². The Morgan fingerprint density at radius 3 is 2.30 bits per heavy atom. The van der Waals surface area contributed by atoms with Gasteiger partial charge in [-0.15, -0.1) is 11.8 Å². The van der Waals surface area contributed by atoms with E-state index in [2.05, 4.69) is 10.6 Å². The molecule has 0 radical (unpaired) electrons. The van der Waals surface area contributed by atoms with Crippen molar-refractivity contribution in [1.82, 2.24) is 15.5 Å². The van der Waals surface area contributed by atoms with Crippen molar-refractivity contribution < 1.29 is 49.9 Å². The van der Waals surface area contributed by atoms with Crippen LogP contribution >= 0.6 is 23.5 Å². The van der Waals surface area contributed by atoms with Crippen molar-refractivity contribution in [1.29, 1.82) is 5.41 Å².